The predicted octanol–water partition coefficient (Wildman–Crippen LogP) is 2.08. The summed E-state index contributed by atoms with van der Waals surface area (Å²) in [6.07, 6.45) is 0.787. The molecule has 1 N–H and O–H groups in total. The van der Waals surface area contributed by atoms with Crippen LogP contribution >= 0.6 is 0 Å². The van der Waals surface area contributed by atoms with Crippen LogP contribution in [0.5, 0.6) is 0 Å². The van der Waals surface area contributed by atoms with E-state index in [9.17, 15) is 4.79 Å². The van der Waals surface area contributed by atoms with E-state index in [-0.39, 0.29) is 11.3 Å². The molecule has 1 heterocycles. The molecule has 1 fully saturated rings. The van der Waals surface area contributed by atoms with Crippen LogP contribution in [-0.4, -0.2) is 35.6 Å². The minimum atomic E-state index is -0.635. The van der Waals surface area contributed by atoms with Crippen molar-refractivity contribution in [1.82, 2.24) is 4.90 Å². The number of aliphatic carboxylic acids is 1. The van der Waals surface area contributed by atoms with Gasteiger partial charge < -0.3 is 10.0 Å². The Morgan fingerprint density at radius 2 is 2.13 bits per heavy atom. The second-order valence-corrected chi connectivity index (χ2v) is 5.80. The molecule has 1 aliphatic heterocycles. The third-order valence-corrected chi connectivity index (χ3v) is 3.23. The third kappa shape index (κ3) is 3.20. The lowest BCUT2D eigenvalue weighted by Gasteiger charge is -2.42. The highest BCUT2D eigenvalue weighted by atomic mass is 16.4. The first kappa shape index (κ1) is 12.5. The summed E-state index contributed by atoms with van der Waals surface area (Å²) in [5, 5.41) is 9.12. The zero-order valence-electron chi connectivity index (χ0n) is 10.3. The fourth-order valence-electron chi connectivity index (χ4n) is 2.60. The first-order valence-electron chi connectivity index (χ1n) is 5.78. The molecule has 1 unspecified atom stereocenters. The van der Waals surface area contributed by atoms with Gasteiger partial charge in [0.1, 0.15) is 0 Å². The van der Waals surface area contributed by atoms with Crippen molar-refractivity contribution < 1.29 is 9.90 Å². The minimum absolute atomic E-state index is 0.0982. The van der Waals surface area contributed by atoms with Crippen molar-refractivity contribution in [2.24, 2.45) is 17.3 Å². The molecule has 0 amide bonds. The summed E-state index contributed by atoms with van der Waals surface area (Å²) in [6, 6.07) is 0. The highest BCUT2D eigenvalue weighted by molar-refractivity contribution is 5.71. The molecule has 0 saturated carbocycles. The summed E-state index contributed by atoms with van der Waals surface area (Å²) in [5.41, 5.74) is -0.0982. The van der Waals surface area contributed by atoms with Gasteiger partial charge >= 0.3 is 5.97 Å². The number of carbonyl (C=O) groups is 1. The Morgan fingerprint density at radius 1 is 1.53 bits per heavy atom. The standard InChI is InChI=1S/C12H23NO2/c1-9(2)7-13-6-5-10(11(14)15)12(3,4)8-13/h9-10H,5-8H2,1-4H3,(H,14,15). The molecule has 3 heteroatoms. The van der Waals surface area contributed by atoms with E-state index in [1.54, 1.807) is 0 Å². The minimum Gasteiger partial charge on any atom is -0.481 e. The SMILES string of the molecule is CC(C)CN1CCC(C(=O)O)C(C)(C)C1. The van der Waals surface area contributed by atoms with Crippen LogP contribution in [0.3, 0.4) is 0 Å². The van der Waals surface area contributed by atoms with Gasteiger partial charge in [0, 0.05) is 13.1 Å². The molecular formula is C12H23NO2. The Hall–Kier alpha value is -0.570. The fraction of sp³-hybridized carbons (Fsp3) is 0.917. The molecule has 0 aromatic heterocycles. The number of carboxylic acids is 1. The van der Waals surface area contributed by atoms with Crippen LogP contribution in [0.1, 0.15) is 34.1 Å². The van der Waals surface area contributed by atoms with E-state index < -0.39 is 5.97 Å². The van der Waals surface area contributed by atoms with Gasteiger partial charge in [-0.3, -0.25) is 4.79 Å². The van der Waals surface area contributed by atoms with Gasteiger partial charge in [-0.25, -0.2) is 0 Å². The van der Waals surface area contributed by atoms with Gasteiger partial charge in [-0.2, -0.15) is 0 Å². The molecule has 0 aromatic rings. The van der Waals surface area contributed by atoms with Gasteiger partial charge in [-0.05, 0) is 24.3 Å². The Morgan fingerprint density at radius 3 is 2.53 bits per heavy atom. The van der Waals surface area contributed by atoms with Crippen molar-refractivity contribution in [3.63, 3.8) is 0 Å². The molecule has 15 heavy (non-hydrogen) atoms. The summed E-state index contributed by atoms with van der Waals surface area (Å²) in [5.74, 6) is -0.160. The summed E-state index contributed by atoms with van der Waals surface area (Å²) in [4.78, 5) is 13.5. The molecule has 88 valence electrons. The highest BCUT2D eigenvalue weighted by Crippen LogP contribution is 2.35. The lowest BCUT2D eigenvalue weighted by molar-refractivity contribution is -0.149. The molecule has 1 aliphatic rings. The van der Waals surface area contributed by atoms with Gasteiger partial charge in [-0.15, -0.1) is 0 Å². The summed E-state index contributed by atoms with van der Waals surface area (Å²) in [6.45, 7) is 11.5. The number of hydrogen-bond acceptors (Lipinski definition) is 2. The smallest absolute Gasteiger partial charge is 0.307 e. The van der Waals surface area contributed by atoms with Crippen molar-refractivity contribution in [2.75, 3.05) is 19.6 Å². The van der Waals surface area contributed by atoms with Crippen molar-refractivity contribution in [2.45, 2.75) is 34.1 Å². The second kappa shape index (κ2) is 4.52. The zero-order valence-corrected chi connectivity index (χ0v) is 10.3. The average molecular weight is 213 g/mol. The van der Waals surface area contributed by atoms with Crippen LogP contribution in [0.15, 0.2) is 0 Å². The van der Waals surface area contributed by atoms with E-state index in [4.69, 9.17) is 5.11 Å². The molecule has 0 bridgehead atoms. The molecule has 0 spiro atoms. The fourth-order valence-corrected chi connectivity index (χ4v) is 2.60. The summed E-state index contributed by atoms with van der Waals surface area (Å²) in [7, 11) is 0. The maximum absolute atomic E-state index is 11.1. The zero-order chi connectivity index (χ0) is 11.6. The van der Waals surface area contributed by atoms with Crippen LogP contribution in [0.2, 0.25) is 0 Å². The third-order valence-electron chi connectivity index (χ3n) is 3.23. The van der Waals surface area contributed by atoms with Crippen LogP contribution in [0, 0.1) is 17.3 Å². The lowest BCUT2D eigenvalue weighted by atomic mass is 9.74. The van der Waals surface area contributed by atoms with Crippen molar-refractivity contribution in [1.29, 1.82) is 0 Å². The first-order chi connectivity index (χ1) is 6.83. The van der Waals surface area contributed by atoms with Gasteiger partial charge in [0.25, 0.3) is 0 Å². The molecule has 0 aliphatic carbocycles. The van der Waals surface area contributed by atoms with Gasteiger partial charge in [0.05, 0.1) is 5.92 Å². The number of likely N-dealkylation sites (tertiary alicyclic amines) is 1. The molecule has 1 saturated heterocycles. The Kier molecular flexibility index (Phi) is 3.77. The molecular weight excluding hydrogens is 190 g/mol. The van der Waals surface area contributed by atoms with Crippen molar-refractivity contribution in [3.8, 4) is 0 Å². The highest BCUT2D eigenvalue weighted by Gasteiger charge is 2.40. The number of piperidine rings is 1. The average Bonchev–Trinajstić information content (AvgIpc) is 1.99. The van der Waals surface area contributed by atoms with Gasteiger partial charge in [0.15, 0.2) is 0 Å². The van der Waals surface area contributed by atoms with Gasteiger partial charge in [0.2, 0.25) is 0 Å². The molecule has 0 aromatic carbocycles. The van der Waals surface area contributed by atoms with E-state index in [1.807, 2.05) is 0 Å². The summed E-state index contributed by atoms with van der Waals surface area (Å²) >= 11 is 0. The summed E-state index contributed by atoms with van der Waals surface area (Å²) < 4.78 is 0. The number of carboxylic acid groups (broad SMARTS) is 1. The van der Waals surface area contributed by atoms with Crippen molar-refractivity contribution >= 4 is 5.97 Å². The normalized spacial score (nSPS) is 26.9. The van der Waals surface area contributed by atoms with E-state index in [1.165, 1.54) is 0 Å². The Balaban J connectivity index is 2.60. The van der Waals surface area contributed by atoms with E-state index in [0.29, 0.717) is 5.92 Å². The van der Waals surface area contributed by atoms with Crippen LogP contribution in [0.4, 0.5) is 0 Å². The van der Waals surface area contributed by atoms with E-state index in [2.05, 4.69) is 32.6 Å². The first-order valence-corrected chi connectivity index (χ1v) is 5.78. The largest absolute Gasteiger partial charge is 0.481 e. The maximum atomic E-state index is 11.1. The molecule has 1 atom stereocenters. The Labute approximate surface area is 92.5 Å². The topological polar surface area (TPSA) is 40.5 Å². The van der Waals surface area contributed by atoms with Crippen LogP contribution in [0.25, 0.3) is 0 Å². The molecule has 0 radical (unpaired) electrons. The molecule has 1 rings (SSSR count). The number of rotatable bonds is 3. The number of nitrogens with zero attached hydrogens (tertiary/aromatic N) is 1. The lowest BCUT2D eigenvalue weighted by Crippen LogP contribution is -2.49. The van der Waals surface area contributed by atoms with E-state index >= 15 is 0 Å². The quantitative estimate of drug-likeness (QED) is 0.780. The predicted molar refractivity (Wildman–Crippen MR) is 60.8 cm³/mol. The van der Waals surface area contributed by atoms with Crippen molar-refractivity contribution in [3.05, 3.63) is 0 Å². The van der Waals surface area contributed by atoms with Crippen LogP contribution in [-0.2, 0) is 4.79 Å². The van der Waals surface area contributed by atoms with E-state index in [0.717, 1.165) is 26.1 Å². The second-order valence-electron chi connectivity index (χ2n) is 5.80. The maximum Gasteiger partial charge on any atom is 0.307 e. The Bertz CT molecular complexity index is 236. The number of hydrogen-bond donors (Lipinski definition) is 1. The van der Waals surface area contributed by atoms with Crippen LogP contribution < -0.4 is 0 Å². The van der Waals surface area contributed by atoms with Gasteiger partial charge in [-0.1, -0.05) is 27.7 Å². The molecule has 3 nitrogen and oxygen atoms in total. The monoisotopic (exact) mass is 213 g/mol.